The highest BCUT2D eigenvalue weighted by atomic mass is 35.5. The number of benzene rings is 1. The summed E-state index contributed by atoms with van der Waals surface area (Å²) in [4.78, 5) is 27.6. The molecule has 208 valence electrons. The second-order valence-electron chi connectivity index (χ2n) is 9.86. The van der Waals surface area contributed by atoms with Crippen LogP contribution in [0.25, 0.3) is 22.6 Å². The number of imidazole rings is 1. The normalized spacial score (nSPS) is 16.1. The molecule has 2 fully saturated rings. The van der Waals surface area contributed by atoms with Gasteiger partial charge in [-0.2, -0.15) is 0 Å². The lowest BCUT2D eigenvalue weighted by molar-refractivity contribution is 0.168. The highest BCUT2D eigenvalue weighted by Gasteiger charge is 2.32. The second kappa shape index (κ2) is 11.1. The number of hydrogen-bond donors (Lipinski definition) is 4. The zero-order valence-corrected chi connectivity index (χ0v) is 23.0. The average Bonchev–Trinajstić information content (AvgIpc) is 3.85. The Morgan fingerprint density at radius 2 is 2.03 bits per heavy atom. The van der Waals surface area contributed by atoms with Crippen molar-refractivity contribution in [2.24, 2.45) is 5.92 Å². The van der Waals surface area contributed by atoms with Gasteiger partial charge in [0.25, 0.3) is 0 Å². The second-order valence-corrected chi connectivity index (χ2v) is 12.0. The smallest absolute Gasteiger partial charge is 0.407 e. The van der Waals surface area contributed by atoms with Crippen molar-refractivity contribution >= 4 is 33.7 Å². The maximum Gasteiger partial charge on any atom is 0.407 e. The SMILES string of the molecule is COC(=O)N[C@@H](C)CNc1nccc(-c2[nH]c(C3CC3)nc2-c2cc(Cl)cc(S(=O)(=O)NCC3CC3)c2F)n1. The molecule has 2 heterocycles. The summed E-state index contributed by atoms with van der Waals surface area (Å²) in [5, 5.41) is 5.76. The van der Waals surface area contributed by atoms with Crippen LogP contribution in [0.5, 0.6) is 0 Å². The molecule has 0 radical (unpaired) electrons. The Labute approximate surface area is 230 Å². The van der Waals surface area contributed by atoms with Crippen molar-refractivity contribution < 1.29 is 22.3 Å². The molecule has 39 heavy (non-hydrogen) atoms. The third-order valence-corrected chi connectivity index (χ3v) is 8.16. The number of methoxy groups -OCH3 is 1. The number of alkyl carbamates (subject to hydrolysis) is 1. The summed E-state index contributed by atoms with van der Waals surface area (Å²) in [5.41, 5.74) is 1.00. The Bertz CT molecular complexity index is 1490. The van der Waals surface area contributed by atoms with E-state index in [0.29, 0.717) is 23.8 Å². The van der Waals surface area contributed by atoms with Crippen molar-refractivity contribution in [3.8, 4) is 22.6 Å². The molecule has 0 saturated heterocycles. The lowest BCUT2D eigenvalue weighted by atomic mass is 10.1. The number of hydrogen-bond acceptors (Lipinski definition) is 8. The van der Waals surface area contributed by atoms with Gasteiger partial charge in [0.05, 0.1) is 18.5 Å². The summed E-state index contributed by atoms with van der Waals surface area (Å²) >= 11 is 6.30. The summed E-state index contributed by atoms with van der Waals surface area (Å²) in [6.45, 7) is 2.36. The number of aromatic nitrogens is 4. The fourth-order valence-corrected chi connectivity index (χ4v) is 5.54. The van der Waals surface area contributed by atoms with Gasteiger partial charge in [0.2, 0.25) is 16.0 Å². The minimum Gasteiger partial charge on any atom is -0.453 e. The van der Waals surface area contributed by atoms with Crippen molar-refractivity contribution in [3.63, 3.8) is 0 Å². The van der Waals surface area contributed by atoms with Crippen molar-refractivity contribution in [2.75, 3.05) is 25.5 Å². The van der Waals surface area contributed by atoms with E-state index in [9.17, 15) is 13.2 Å². The lowest BCUT2D eigenvalue weighted by Gasteiger charge is -2.14. The molecule has 2 saturated carbocycles. The van der Waals surface area contributed by atoms with Gasteiger partial charge in [-0.3, -0.25) is 0 Å². The molecule has 0 bridgehead atoms. The Morgan fingerprint density at radius 1 is 1.26 bits per heavy atom. The van der Waals surface area contributed by atoms with Gasteiger partial charge in [-0.15, -0.1) is 0 Å². The topological polar surface area (TPSA) is 151 Å². The van der Waals surface area contributed by atoms with Crippen LogP contribution in [-0.4, -0.2) is 60.7 Å². The van der Waals surface area contributed by atoms with Crippen LogP contribution in [0.3, 0.4) is 0 Å². The van der Waals surface area contributed by atoms with Crippen LogP contribution in [0.15, 0.2) is 29.3 Å². The molecular formula is C25H29ClFN7O4S. The van der Waals surface area contributed by atoms with Crippen LogP contribution in [0, 0.1) is 11.7 Å². The van der Waals surface area contributed by atoms with Gasteiger partial charge in [-0.1, -0.05) is 11.6 Å². The van der Waals surface area contributed by atoms with Crippen LogP contribution >= 0.6 is 11.6 Å². The number of nitrogens with zero attached hydrogens (tertiary/aromatic N) is 3. The van der Waals surface area contributed by atoms with Crippen molar-refractivity contribution in [1.82, 2.24) is 30.0 Å². The van der Waals surface area contributed by atoms with Gasteiger partial charge in [0.1, 0.15) is 16.4 Å². The number of sulfonamides is 1. The Hall–Kier alpha value is -3.29. The molecule has 1 atom stereocenters. The largest absolute Gasteiger partial charge is 0.453 e. The molecule has 14 heteroatoms. The first kappa shape index (κ1) is 27.3. The fraction of sp³-hybridized carbons (Fsp3) is 0.440. The van der Waals surface area contributed by atoms with E-state index in [4.69, 9.17) is 11.6 Å². The van der Waals surface area contributed by atoms with Gasteiger partial charge < -0.3 is 20.4 Å². The monoisotopic (exact) mass is 577 g/mol. The van der Waals surface area contributed by atoms with Crippen LogP contribution in [0.1, 0.15) is 44.3 Å². The van der Waals surface area contributed by atoms with E-state index in [0.717, 1.165) is 31.7 Å². The quantitative estimate of drug-likeness (QED) is 0.266. The predicted molar refractivity (Wildman–Crippen MR) is 143 cm³/mol. The molecule has 2 aliphatic carbocycles. The van der Waals surface area contributed by atoms with Crippen LogP contribution in [-0.2, 0) is 14.8 Å². The Morgan fingerprint density at radius 3 is 2.72 bits per heavy atom. The number of rotatable bonds is 11. The van der Waals surface area contributed by atoms with Gasteiger partial charge in [0, 0.05) is 41.8 Å². The molecule has 1 amide bonds. The summed E-state index contributed by atoms with van der Waals surface area (Å²) in [6.07, 6.45) is 4.76. The molecule has 2 aromatic heterocycles. The van der Waals surface area contributed by atoms with Crippen molar-refractivity contribution in [3.05, 3.63) is 41.1 Å². The summed E-state index contributed by atoms with van der Waals surface area (Å²) in [6, 6.07) is 3.85. The van der Waals surface area contributed by atoms with Crippen LogP contribution in [0.4, 0.5) is 15.1 Å². The predicted octanol–water partition coefficient (Wildman–Crippen LogP) is 4.05. The Balaban J connectivity index is 1.48. The number of carbonyl (C=O) groups excluding carboxylic acids is 1. The van der Waals surface area contributed by atoms with Crippen molar-refractivity contribution in [1.29, 1.82) is 0 Å². The summed E-state index contributed by atoms with van der Waals surface area (Å²) in [5.74, 6) is 0.486. The van der Waals surface area contributed by atoms with E-state index >= 15 is 4.39 Å². The molecule has 0 aliphatic heterocycles. The third kappa shape index (κ3) is 6.48. The number of H-pyrrole nitrogens is 1. The average molecular weight is 578 g/mol. The highest BCUT2D eigenvalue weighted by molar-refractivity contribution is 7.89. The molecule has 0 unspecified atom stereocenters. The molecule has 0 spiro atoms. The molecule has 2 aliphatic rings. The van der Waals surface area contributed by atoms with Gasteiger partial charge in [0.15, 0.2) is 5.82 Å². The minimum absolute atomic E-state index is 0.0449. The van der Waals surface area contributed by atoms with Crippen LogP contribution < -0.4 is 15.4 Å². The number of carbonyl (C=O) groups is 1. The van der Waals surface area contributed by atoms with E-state index in [1.165, 1.54) is 19.4 Å². The van der Waals surface area contributed by atoms with Gasteiger partial charge in [-0.25, -0.2) is 37.3 Å². The van der Waals surface area contributed by atoms with E-state index in [1.807, 2.05) is 0 Å². The van der Waals surface area contributed by atoms with E-state index < -0.39 is 26.8 Å². The highest BCUT2D eigenvalue weighted by Crippen LogP contribution is 2.42. The van der Waals surface area contributed by atoms with E-state index in [-0.39, 0.29) is 46.7 Å². The van der Waals surface area contributed by atoms with Crippen LogP contribution in [0.2, 0.25) is 5.02 Å². The number of ether oxygens (including phenoxy) is 1. The molecule has 4 N–H and O–H groups in total. The first-order chi connectivity index (χ1) is 18.6. The number of anilines is 1. The number of aromatic amines is 1. The molecule has 1 aromatic carbocycles. The number of amides is 1. The zero-order valence-electron chi connectivity index (χ0n) is 21.4. The molecule has 11 nitrogen and oxygen atoms in total. The lowest BCUT2D eigenvalue weighted by Crippen LogP contribution is -2.37. The molecule has 3 aromatic rings. The minimum atomic E-state index is -4.13. The zero-order chi connectivity index (χ0) is 27.7. The maximum atomic E-state index is 15.9. The standard InChI is InChI=1S/C25H29ClFN7O4S/c1-13(31-25(35)38-2)11-29-24-28-8-7-18(32-24)22-21(33-23(34-22)15-5-6-15)17-9-16(26)10-19(20(17)27)39(36,37)30-12-14-3-4-14/h7-10,13-15,30H,3-6,11-12H2,1-2H3,(H,31,35)(H,33,34)(H,28,29,32)/t13-/m0/s1. The first-order valence-corrected chi connectivity index (χ1v) is 14.5. The maximum absolute atomic E-state index is 15.9. The summed E-state index contributed by atoms with van der Waals surface area (Å²) in [7, 11) is -2.85. The van der Waals surface area contributed by atoms with Crippen molar-refractivity contribution in [2.45, 2.75) is 49.5 Å². The molecular weight excluding hydrogens is 549 g/mol. The third-order valence-electron chi connectivity index (χ3n) is 6.52. The molecule has 5 rings (SSSR count). The van der Waals surface area contributed by atoms with E-state index in [1.54, 1.807) is 13.0 Å². The summed E-state index contributed by atoms with van der Waals surface area (Å²) < 4.78 is 48.9. The first-order valence-electron chi connectivity index (χ1n) is 12.7. The number of halogens is 2. The fourth-order valence-electron chi connectivity index (χ4n) is 4.02. The van der Waals surface area contributed by atoms with Gasteiger partial charge in [-0.05, 0) is 56.7 Å². The number of nitrogens with one attached hydrogen (secondary N) is 4. The Kier molecular flexibility index (Phi) is 7.74. The van der Waals surface area contributed by atoms with E-state index in [2.05, 4.69) is 40.0 Å². The van der Waals surface area contributed by atoms with Gasteiger partial charge >= 0.3 is 6.09 Å².